The summed E-state index contributed by atoms with van der Waals surface area (Å²) in [5, 5.41) is 0. The third kappa shape index (κ3) is 3.91. The maximum Gasteiger partial charge on any atom is 0.416 e. The van der Waals surface area contributed by atoms with Crippen molar-refractivity contribution in [2.75, 3.05) is 0 Å². The van der Waals surface area contributed by atoms with E-state index in [-0.39, 0.29) is 11.5 Å². The van der Waals surface area contributed by atoms with Gasteiger partial charge in [-0.25, -0.2) is 9.97 Å². The summed E-state index contributed by atoms with van der Waals surface area (Å²) in [7, 11) is 0. The van der Waals surface area contributed by atoms with Gasteiger partial charge in [0, 0.05) is 29.3 Å². The summed E-state index contributed by atoms with van der Waals surface area (Å²) in [6.45, 7) is 5.09. The lowest BCUT2D eigenvalue weighted by Gasteiger charge is -2.11. The second kappa shape index (κ2) is 6.64. The molecule has 132 valence electrons. The van der Waals surface area contributed by atoms with E-state index in [1.54, 1.807) is 25.4 Å². The predicted molar refractivity (Wildman–Crippen MR) is 90.8 cm³/mol. The molecule has 26 heavy (non-hydrogen) atoms. The minimum Gasteiger partial charge on any atom is -0.287 e. The fourth-order valence-electron chi connectivity index (χ4n) is 2.46. The normalized spacial score (nSPS) is 11.2. The van der Waals surface area contributed by atoms with Crippen LogP contribution in [0.25, 0.3) is 5.82 Å². The molecule has 0 aliphatic heterocycles. The van der Waals surface area contributed by atoms with Crippen LogP contribution in [0.4, 0.5) is 13.2 Å². The number of hydrogen-bond donors (Lipinski definition) is 0. The van der Waals surface area contributed by atoms with Crippen LogP contribution in [0, 0.1) is 32.6 Å². The zero-order valence-corrected chi connectivity index (χ0v) is 14.4. The van der Waals surface area contributed by atoms with E-state index in [0.717, 1.165) is 23.4 Å². The third-order valence-electron chi connectivity index (χ3n) is 3.63. The van der Waals surface area contributed by atoms with Crippen molar-refractivity contribution in [1.82, 2.24) is 19.5 Å². The van der Waals surface area contributed by atoms with Crippen LogP contribution in [0.2, 0.25) is 0 Å². The topological polar surface area (TPSA) is 43.6 Å². The average molecular weight is 356 g/mol. The van der Waals surface area contributed by atoms with Crippen LogP contribution in [0.15, 0.2) is 36.7 Å². The highest BCUT2D eigenvalue weighted by molar-refractivity contribution is 5.41. The summed E-state index contributed by atoms with van der Waals surface area (Å²) in [6, 6.07) is 5.64. The monoisotopic (exact) mass is 356 g/mol. The first kappa shape index (κ1) is 17.7. The van der Waals surface area contributed by atoms with Crippen molar-refractivity contribution < 1.29 is 13.2 Å². The Labute approximate surface area is 148 Å². The predicted octanol–water partition coefficient (Wildman–Crippen LogP) is 4.01. The van der Waals surface area contributed by atoms with Crippen molar-refractivity contribution in [2.45, 2.75) is 26.9 Å². The number of alkyl halides is 3. The largest absolute Gasteiger partial charge is 0.416 e. The molecule has 0 saturated carbocycles. The Morgan fingerprint density at radius 1 is 0.962 bits per heavy atom. The van der Waals surface area contributed by atoms with Crippen molar-refractivity contribution in [2.24, 2.45) is 0 Å². The molecule has 0 aliphatic carbocycles. The quantitative estimate of drug-likeness (QED) is 0.619. The van der Waals surface area contributed by atoms with Crippen LogP contribution in [0.3, 0.4) is 0 Å². The molecule has 0 unspecified atom stereocenters. The van der Waals surface area contributed by atoms with Crippen LogP contribution < -0.4 is 0 Å². The number of aryl methyl sites for hydroxylation is 3. The molecule has 0 spiro atoms. The Morgan fingerprint density at radius 2 is 1.73 bits per heavy atom. The summed E-state index contributed by atoms with van der Waals surface area (Å²) in [5.74, 6) is 6.56. The van der Waals surface area contributed by atoms with Crippen LogP contribution in [-0.4, -0.2) is 19.5 Å². The molecule has 0 atom stereocenters. The Bertz CT molecular complexity index is 1020. The van der Waals surface area contributed by atoms with Gasteiger partial charge < -0.3 is 0 Å². The van der Waals surface area contributed by atoms with E-state index in [1.807, 2.05) is 13.0 Å². The molecule has 7 heteroatoms. The maximum atomic E-state index is 13.0. The smallest absolute Gasteiger partial charge is 0.287 e. The molecule has 3 aromatic heterocycles. The summed E-state index contributed by atoms with van der Waals surface area (Å²) >= 11 is 0. The number of pyridine rings is 2. The molecule has 0 bridgehead atoms. The summed E-state index contributed by atoms with van der Waals surface area (Å²) in [4.78, 5) is 12.6. The molecule has 0 amide bonds. The molecule has 3 rings (SSSR count). The van der Waals surface area contributed by atoms with Gasteiger partial charge in [-0.15, -0.1) is 0 Å². The average Bonchev–Trinajstić information content (AvgIpc) is 2.92. The fraction of sp³-hybridized carbons (Fsp3) is 0.211. The van der Waals surface area contributed by atoms with Crippen LogP contribution in [0.5, 0.6) is 0 Å². The van der Waals surface area contributed by atoms with E-state index in [0.29, 0.717) is 11.5 Å². The molecule has 3 heterocycles. The van der Waals surface area contributed by atoms with Crippen molar-refractivity contribution in [1.29, 1.82) is 0 Å². The standard InChI is InChI=1S/C19H15F3N4/c1-12-8-15(6-7-23-12)4-5-17-11-26(14(3)25-17)18-10-16(19(20,21)22)9-13(2)24-18/h6-11H,1-3H3. The Morgan fingerprint density at radius 3 is 2.42 bits per heavy atom. The van der Waals surface area contributed by atoms with Gasteiger partial charge in [0.1, 0.15) is 17.3 Å². The molecular weight excluding hydrogens is 341 g/mol. The van der Waals surface area contributed by atoms with E-state index in [9.17, 15) is 13.2 Å². The number of hydrogen-bond acceptors (Lipinski definition) is 3. The van der Waals surface area contributed by atoms with Gasteiger partial charge in [0.15, 0.2) is 0 Å². The van der Waals surface area contributed by atoms with Crippen molar-refractivity contribution in [3.05, 3.63) is 70.7 Å². The number of nitrogens with zero attached hydrogens (tertiary/aromatic N) is 4. The number of aromatic nitrogens is 4. The minimum atomic E-state index is -4.43. The van der Waals surface area contributed by atoms with E-state index in [1.165, 1.54) is 11.5 Å². The Hall–Kier alpha value is -3.14. The molecular formula is C19H15F3N4. The first-order valence-corrected chi connectivity index (χ1v) is 7.79. The van der Waals surface area contributed by atoms with Crippen molar-refractivity contribution in [3.8, 4) is 17.7 Å². The number of imidazole rings is 1. The van der Waals surface area contributed by atoms with Gasteiger partial charge in [-0.1, -0.05) is 5.92 Å². The van der Waals surface area contributed by atoms with Gasteiger partial charge in [0.25, 0.3) is 0 Å². The van der Waals surface area contributed by atoms with Crippen LogP contribution >= 0.6 is 0 Å². The van der Waals surface area contributed by atoms with Crippen molar-refractivity contribution >= 4 is 0 Å². The molecule has 4 nitrogen and oxygen atoms in total. The summed E-state index contributed by atoms with van der Waals surface area (Å²) < 4.78 is 40.6. The summed E-state index contributed by atoms with van der Waals surface area (Å²) in [6.07, 6.45) is -1.18. The molecule has 3 aromatic rings. The van der Waals surface area contributed by atoms with E-state index < -0.39 is 11.7 Å². The molecule has 0 saturated heterocycles. The molecule has 0 aromatic carbocycles. The third-order valence-corrected chi connectivity index (χ3v) is 3.63. The Balaban J connectivity index is 1.98. The molecule has 0 aliphatic rings. The highest BCUT2D eigenvalue weighted by Gasteiger charge is 2.31. The zero-order chi connectivity index (χ0) is 18.9. The first-order valence-electron chi connectivity index (χ1n) is 7.79. The maximum absolute atomic E-state index is 13.0. The van der Waals surface area contributed by atoms with Gasteiger partial charge >= 0.3 is 6.18 Å². The van der Waals surface area contributed by atoms with Crippen LogP contribution in [-0.2, 0) is 6.18 Å². The molecule has 0 N–H and O–H groups in total. The van der Waals surface area contributed by atoms with E-state index >= 15 is 0 Å². The highest BCUT2D eigenvalue weighted by atomic mass is 19.4. The molecule has 0 fully saturated rings. The SMILES string of the molecule is Cc1cc(C#Cc2cn(-c3cc(C(F)(F)F)cc(C)n3)c(C)n2)ccn1. The van der Waals surface area contributed by atoms with Gasteiger partial charge in [0.05, 0.1) is 5.56 Å². The number of rotatable bonds is 1. The number of halogens is 3. The summed E-state index contributed by atoms with van der Waals surface area (Å²) in [5.41, 5.74) is 1.63. The van der Waals surface area contributed by atoms with Gasteiger partial charge in [0.2, 0.25) is 0 Å². The second-order valence-electron chi connectivity index (χ2n) is 5.83. The van der Waals surface area contributed by atoms with Crippen LogP contribution in [0.1, 0.15) is 34.0 Å². The minimum absolute atomic E-state index is 0.162. The van der Waals surface area contributed by atoms with E-state index in [4.69, 9.17) is 0 Å². The fourth-order valence-corrected chi connectivity index (χ4v) is 2.46. The lowest BCUT2D eigenvalue weighted by Crippen LogP contribution is -2.09. The first-order chi connectivity index (χ1) is 12.2. The lowest BCUT2D eigenvalue weighted by atomic mass is 10.2. The Kier molecular flexibility index (Phi) is 4.51. The van der Waals surface area contributed by atoms with E-state index in [2.05, 4.69) is 26.8 Å². The zero-order valence-electron chi connectivity index (χ0n) is 14.4. The molecule has 0 radical (unpaired) electrons. The van der Waals surface area contributed by atoms with Crippen molar-refractivity contribution in [3.63, 3.8) is 0 Å². The van der Waals surface area contributed by atoms with Gasteiger partial charge in [-0.3, -0.25) is 9.55 Å². The lowest BCUT2D eigenvalue weighted by molar-refractivity contribution is -0.137. The second-order valence-corrected chi connectivity index (χ2v) is 5.83. The van der Waals surface area contributed by atoms with Gasteiger partial charge in [-0.05, 0) is 51.0 Å². The van der Waals surface area contributed by atoms with Gasteiger partial charge in [-0.2, -0.15) is 13.2 Å². The highest BCUT2D eigenvalue weighted by Crippen LogP contribution is 2.30.